The second-order valence-electron chi connectivity index (χ2n) is 4.84. The van der Waals surface area contributed by atoms with Crippen molar-refractivity contribution in [3.8, 4) is 6.07 Å². The van der Waals surface area contributed by atoms with Crippen molar-refractivity contribution >= 4 is 0 Å². The van der Waals surface area contributed by atoms with Crippen LogP contribution in [0.4, 0.5) is 0 Å². The van der Waals surface area contributed by atoms with Crippen molar-refractivity contribution in [3.63, 3.8) is 0 Å². The normalized spacial score (nSPS) is 25.5. The Morgan fingerprint density at radius 1 is 1.47 bits per heavy atom. The molecule has 1 aromatic rings. The molecule has 0 radical (unpaired) electrons. The van der Waals surface area contributed by atoms with Crippen molar-refractivity contribution in [3.05, 3.63) is 35.4 Å². The molecule has 3 nitrogen and oxygen atoms in total. The second-order valence-corrected chi connectivity index (χ2v) is 4.84. The van der Waals surface area contributed by atoms with Crippen LogP contribution in [0.5, 0.6) is 0 Å². The maximum Gasteiger partial charge on any atom is 0.0995 e. The number of rotatable bonds is 2. The first-order valence-corrected chi connectivity index (χ1v) is 6.09. The summed E-state index contributed by atoms with van der Waals surface area (Å²) in [5.41, 5.74) is 1.79. The number of likely N-dealkylation sites (tertiary alicyclic amines) is 1. The maximum absolute atomic E-state index is 9.85. The highest BCUT2D eigenvalue weighted by Crippen LogP contribution is 2.19. The fraction of sp³-hybridized carbons (Fsp3) is 0.500. The Bertz CT molecular complexity index is 424. The first-order chi connectivity index (χ1) is 8.20. The third-order valence-corrected chi connectivity index (χ3v) is 3.53. The van der Waals surface area contributed by atoms with Gasteiger partial charge in [0.2, 0.25) is 0 Å². The molecule has 0 amide bonds. The zero-order chi connectivity index (χ0) is 12.3. The van der Waals surface area contributed by atoms with Crippen molar-refractivity contribution in [2.75, 3.05) is 13.1 Å². The summed E-state index contributed by atoms with van der Waals surface area (Å²) in [5.74, 6) is 0.387. The molecule has 1 saturated heterocycles. The monoisotopic (exact) mass is 230 g/mol. The van der Waals surface area contributed by atoms with Gasteiger partial charge in [0.05, 0.1) is 17.7 Å². The van der Waals surface area contributed by atoms with Gasteiger partial charge in [0, 0.05) is 13.1 Å². The molecule has 17 heavy (non-hydrogen) atoms. The maximum atomic E-state index is 9.85. The highest BCUT2D eigenvalue weighted by atomic mass is 16.3. The van der Waals surface area contributed by atoms with Crippen LogP contribution in [-0.4, -0.2) is 29.2 Å². The van der Waals surface area contributed by atoms with E-state index in [4.69, 9.17) is 5.26 Å². The van der Waals surface area contributed by atoms with E-state index in [1.165, 1.54) is 0 Å². The van der Waals surface area contributed by atoms with Crippen LogP contribution in [0, 0.1) is 17.2 Å². The Morgan fingerprint density at radius 2 is 2.24 bits per heavy atom. The third kappa shape index (κ3) is 2.85. The molecule has 0 aromatic heterocycles. The van der Waals surface area contributed by atoms with Gasteiger partial charge in [-0.15, -0.1) is 0 Å². The Labute approximate surface area is 102 Å². The summed E-state index contributed by atoms with van der Waals surface area (Å²) in [7, 11) is 0. The summed E-state index contributed by atoms with van der Waals surface area (Å²) in [6.07, 6.45) is 0.786. The molecule has 2 rings (SSSR count). The van der Waals surface area contributed by atoms with E-state index in [2.05, 4.69) is 17.9 Å². The molecule has 0 spiro atoms. The lowest BCUT2D eigenvalue weighted by molar-refractivity contribution is 0.0259. The van der Waals surface area contributed by atoms with Crippen molar-refractivity contribution in [2.45, 2.75) is 26.0 Å². The number of aliphatic hydroxyl groups excluding tert-OH is 1. The standard InChI is InChI=1S/C14H18N2O/c1-11-6-7-16(10-14(11)17)9-13-5-3-2-4-12(13)8-15/h2-5,11,14,17H,6-7,9-10H2,1H3. The second kappa shape index (κ2) is 5.31. The first kappa shape index (κ1) is 12.1. The molecular formula is C14H18N2O. The molecule has 1 aliphatic heterocycles. The zero-order valence-electron chi connectivity index (χ0n) is 10.1. The quantitative estimate of drug-likeness (QED) is 0.842. The van der Waals surface area contributed by atoms with Crippen LogP contribution < -0.4 is 0 Å². The minimum atomic E-state index is -0.238. The van der Waals surface area contributed by atoms with Gasteiger partial charge in [0.25, 0.3) is 0 Å². The van der Waals surface area contributed by atoms with Crippen molar-refractivity contribution in [1.82, 2.24) is 4.90 Å². The molecule has 1 aliphatic rings. The number of aliphatic hydroxyl groups is 1. The number of hydrogen-bond acceptors (Lipinski definition) is 3. The smallest absolute Gasteiger partial charge is 0.0995 e. The molecule has 1 aromatic carbocycles. The van der Waals surface area contributed by atoms with Crippen LogP contribution in [0.1, 0.15) is 24.5 Å². The van der Waals surface area contributed by atoms with Crippen LogP contribution in [0.25, 0.3) is 0 Å². The van der Waals surface area contributed by atoms with E-state index < -0.39 is 0 Å². The summed E-state index contributed by atoms with van der Waals surface area (Å²) in [4.78, 5) is 2.22. The lowest BCUT2D eigenvalue weighted by atomic mass is 9.95. The summed E-state index contributed by atoms with van der Waals surface area (Å²) < 4.78 is 0. The summed E-state index contributed by atoms with van der Waals surface area (Å²) >= 11 is 0. The van der Waals surface area contributed by atoms with Crippen LogP contribution in [0.15, 0.2) is 24.3 Å². The molecule has 1 heterocycles. The lowest BCUT2D eigenvalue weighted by Gasteiger charge is -2.34. The van der Waals surface area contributed by atoms with E-state index in [1.54, 1.807) is 0 Å². The van der Waals surface area contributed by atoms with E-state index in [1.807, 2.05) is 24.3 Å². The summed E-state index contributed by atoms with van der Waals surface area (Å²) in [6, 6.07) is 9.89. The van der Waals surface area contributed by atoms with Gasteiger partial charge < -0.3 is 5.11 Å². The molecule has 2 unspecified atom stereocenters. The molecular weight excluding hydrogens is 212 g/mol. The summed E-state index contributed by atoms with van der Waals surface area (Å²) in [5, 5.41) is 18.9. The molecule has 3 heteroatoms. The average Bonchev–Trinajstić information content (AvgIpc) is 2.34. The molecule has 1 N–H and O–H groups in total. The van der Waals surface area contributed by atoms with Crippen molar-refractivity contribution < 1.29 is 5.11 Å². The van der Waals surface area contributed by atoms with Gasteiger partial charge in [-0.2, -0.15) is 5.26 Å². The van der Waals surface area contributed by atoms with Gasteiger partial charge in [0.15, 0.2) is 0 Å². The number of β-amino-alcohol motifs (C(OH)–C–C–N with tert-alkyl or cyclic N) is 1. The van der Waals surface area contributed by atoms with E-state index >= 15 is 0 Å². The number of benzene rings is 1. The van der Waals surface area contributed by atoms with Gasteiger partial charge >= 0.3 is 0 Å². The van der Waals surface area contributed by atoms with E-state index in [0.717, 1.165) is 30.6 Å². The minimum absolute atomic E-state index is 0.238. The predicted octanol–water partition coefficient (Wildman–Crippen LogP) is 1.76. The van der Waals surface area contributed by atoms with Gasteiger partial charge in [-0.25, -0.2) is 0 Å². The van der Waals surface area contributed by atoms with Crippen LogP contribution in [0.3, 0.4) is 0 Å². The zero-order valence-corrected chi connectivity index (χ0v) is 10.1. The summed E-state index contributed by atoms with van der Waals surface area (Å²) in [6.45, 7) is 4.55. The average molecular weight is 230 g/mol. The number of nitriles is 1. The first-order valence-electron chi connectivity index (χ1n) is 6.09. The number of hydrogen-bond donors (Lipinski definition) is 1. The number of piperidine rings is 1. The fourth-order valence-electron chi connectivity index (χ4n) is 2.27. The largest absolute Gasteiger partial charge is 0.392 e. The fourth-order valence-corrected chi connectivity index (χ4v) is 2.27. The van der Waals surface area contributed by atoms with Gasteiger partial charge in [-0.3, -0.25) is 4.90 Å². The Morgan fingerprint density at radius 3 is 2.94 bits per heavy atom. The predicted molar refractivity (Wildman–Crippen MR) is 66.2 cm³/mol. The molecule has 0 aliphatic carbocycles. The minimum Gasteiger partial charge on any atom is -0.392 e. The molecule has 2 atom stereocenters. The third-order valence-electron chi connectivity index (χ3n) is 3.53. The van der Waals surface area contributed by atoms with E-state index in [-0.39, 0.29) is 6.10 Å². The highest BCUT2D eigenvalue weighted by Gasteiger charge is 2.24. The van der Waals surface area contributed by atoms with Gasteiger partial charge in [-0.1, -0.05) is 25.1 Å². The Balaban J connectivity index is 2.04. The SMILES string of the molecule is CC1CCN(Cc2ccccc2C#N)CC1O. The molecule has 1 fully saturated rings. The lowest BCUT2D eigenvalue weighted by Crippen LogP contribution is -2.42. The van der Waals surface area contributed by atoms with Crippen LogP contribution in [-0.2, 0) is 6.54 Å². The van der Waals surface area contributed by atoms with Gasteiger partial charge in [0.1, 0.15) is 0 Å². The van der Waals surface area contributed by atoms with Crippen LogP contribution in [0.2, 0.25) is 0 Å². The van der Waals surface area contributed by atoms with Gasteiger partial charge in [-0.05, 0) is 30.5 Å². The molecule has 90 valence electrons. The van der Waals surface area contributed by atoms with E-state index in [9.17, 15) is 5.11 Å². The van der Waals surface area contributed by atoms with E-state index in [0.29, 0.717) is 12.5 Å². The molecule has 0 bridgehead atoms. The topological polar surface area (TPSA) is 47.3 Å². The van der Waals surface area contributed by atoms with Crippen molar-refractivity contribution in [2.24, 2.45) is 5.92 Å². The van der Waals surface area contributed by atoms with Crippen molar-refractivity contribution in [1.29, 1.82) is 5.26 Å². The molecule has 0 saturated carbocycles. The highest BCUT2D eigenvalue weighted by molar-refractivity contribution is 5.37. The Hall–Kier alpha value is -1.37. The van der Waals surface area contributed by atoms with Crippen LogP contribution >= 0.6 is 0 Å². The number of nitrogens with zero attached hydrogens (tertiary/aromatic N) is 2. The Kier molecular flexibility index (Phi) is 3.78.